The molecule has 1 amide bonds. The highest BCUT2D eigenvalue weighted by Crippen LogP contribution is 2.24. The van der Waals surface area contributed by atoms with E-state index in [4.69, 9.17) is 0 Å². The molecule has 0 spiro atoms. The third-order valence-electron chi connectivity index (χ3n) is 5.39. The number of rotatable bonds is 6. The van der Waals surface area contributed by atoms with E-state index < -0.39 is 10.0 Å². The first kappa shape index (κ1) is 22.3. The molecule has 4 rings (SSSR count). The second kappa shape index (κ2) is 9.30. The number of carbonyl (C=O) groups excluding carboxylic acids is 1. The lowest BCUT2D eigenvalue weighted by molar-refractivity contribution is 0.102. The fourth-order valence-corrected chi connectivity index (χ4v) is 4.74. The van der Waals surface area contributed by atoms with Gasteiger partial charge in [-0.1, -0.05) is 60.7 Å². The minimum atomic E-state index is -3.75. The van der Waals surface area contributed by atoms with Gasteiger partial charge in [-0.3, -0.25) is 9.52 Å². The minimum absolute atomic E-state index is 0.121. The van der Waals surface area contributed by atoms with E-state index >= 15 is 0 Å². The average Bonchev–Trinajstić information content (AvgIpc) is 2.82. The minimum Gasteiger partial charge on any atom is -0.322 e. The summed E-state index contributed by atoms with van der Waals surface area (Å²) in [7, 11) is -3.75. The molecule has 6 heteroatoms. The highest BCUT2D eigenvalue weighted by atomic mass is 32.2. The summed E-state index contributed by atoms with van der Waals surface area (Å²) in [6.07, 6.45) is 0. The summed E-state index contributed by atoms with van der Waals surface area (Å²) >= 11 is 0. The molecule has 0 aliphatic carbocycles. The van der Waals surface area contributed by atoms with Gasteiger partial charge in [0.1, 0.15) is 0 Å². The lowest BCUT2D eigenvalue weighted by Crippen LogP contribution is -2.15. The molecule has 4 aromatic rings. The molecule has 0 bridgehead atoms. The Morgan fingerprint density at radius 2 is 1.24 bits per heavy atom. The van der Waals surface area contributed by atoms with E-state index in [-0.39, 0.29) is 10.8 Å². The van der Waals surface area contributed by atoms with E-state index in [2.05, 4.69) is 10.0 Å². The van der Waals surface area contributed by atoms with Crippen molar-refractivity contribution in [2.75, 3.05) is 10.0 Å². The number of aryl methyl sites for hydroxylation is 2. The molecule has 0 aromatic heterocycles. The van der Waals surface area contributed by atoms with Crippen molar-refractivity contribution >= 4 is 27.3 Å². The van der Waals surface area contributed by atoms with Crippen molar-refractivity contribution in [3.05, 3.63) is 114 Å². The summed E-state index contributed by atoms with van der Waals surface area (Å²) in [5.41, 5.74) is 5.41. The van der Waals surface area contributed by atoms with E-state index in [0.29, 0.717) is 16.9 Å². The normalized spacial score (nSPS) is 11.1. The first-order valence-corrected chi connectivity index (χ1v) is 12.0. The molecule has 0 saturated carbocycles. The van der Waals surface area contributed by atoms with Gasteiger partial charge in [0, 0.05) is 11.3 Å². The Morgan fingerprint density at radius 3 is 1.85 bits per heavy atom. The predicted octanol–water partition coefficient (Wildman–Crippen LogP) is 6.02. The van der Waals surface area contributed by atoms with Crippen LogP contribution in [0.25, 0.3) is 11.1 Å². The molecule has 0 saturated heterocycles. The summed E-state index contributed by atoms with van der Waals surface area (Å²) in [6.45, 7) is 3.71. The van der Waals surface area contributed by atoms with Crippen molar-refractivity contribution in [3.63, 3.8) is 0 Å². The van der Waals surface area contributed by atoms with Gasteiger partial charge in [0.05, 0.1) is 10.6 Å². The Morgan fingerprint density at radius 1 is 0.667 bits per heavy atom. The fraction of sp³-hybridized carbons (Fsp3) is 0.0741. The predicted molar refractivity (Wildman–Crippen MR) is 133 cm³/mol. The maximum absolute atomic E-state index is 12.8. The first-order chi connectivity index (χ1) is 15.8. The second-order valence-corrected chi connectivity index (χ2v) is 9.48. The summed E-state index contributed by atoms with van der Waals surface area (Å²) in [5.74, 6) is -0.265. The number of amides is 1. The van der Waals surface area contributed by atoms with Crippen molar-refractivity contribution < 1.29 is 13.2 Å². The van der Waals surface area contributed by atoms with E-state index in [1.54, 1.807) is 24.3 Å². The molecule has 0 fully saturated rings. The van der Waals surface area contributed by atoms with Crippen LogP contribution in [0.1, 0.15) is 21.5 Å². The first-order valence-electron chi connectivity index (χ1n) is 10.5. The zero-order chi connectivity index (χ0) is 23.4. The van der Waals surface area contributed by atoms with Crippen LogP contribution in [0.15, 0.2) is 102 Å². The standard InChI is InChI=1S/C27H24N2O3S/c1-19-7-6-8-20(2)26(19)29-33(31,32)25-17-15-24(16-18-25)28-27(30)23-13-11-22(12-14-23)21-9-4-3-5-10-21/h3-18,29H,1-2H3,(H,28,30). The van der Waals surface area contributed by atoms with Crippen LogP contribution in [-0.4, -0.2) is 14.3 Å². The summed E-state index contributed by atoms with van der Waals surface area (Å²) < 4.78 is 28.3. The highest BCUT2D eigenvalue weighted by molar-refractivity contribution is 7.92. The molecule has 5 nitrogen and oxygen atoms in total. The number of benzene rings is 4. The molecule has 33 heavy (non-hydrogen) atoms. The van der Waals surface area contributed by atoms with Gasteiger partial charge in [0.2, 0.25) is 0 Å². The smallest absolute Gasteiger partial charge is 0.261 e. The van der Waals surface area contributed by atoms with Crippen LogP contribution in [0.2, 0.25) is 0 Å². The maximum Gasteiger partial charge on any atom is 0.261 e. The highest BCUT2D eigenvalue weighted by Gasteiger charge is 2.17. The summed E-state index contributed by atoms with van der Waals surface area (Å²) in [5, 5.41) is 2.81. The molecule has 0 aliphatic rings. The molecular weight excluding hydrogens is 432 g/mol. The maximum atomic E-state index is 12.8. The van der Waals surface area contributed by atoms with Crippen molar-refractivity contribution in [3.8, 4) is 11.1 Å². The number of sulfonamides is 1. The SMILES string of the molecule is Cc1cccc(C)c1NS(=O)(=O)c1ccc(NC(=O)c2ccc(-c3ccccc3)cc2)cc1. The topological polar surface area (TPSA) is 75.3 Å². The number of hydrogen-bond donors (Lipinski definition) is 2. The largest absolute Gasteiger partial charge is 0.322 e. The molecule has 166 valence electrons. The Labute approximate surface area is 194 Å². The van der Waals surface area contributed by atoms with E-state index in [9.17, 15) is 13.2 Å². The molecule has 4 aromatic carbocycles. The van der Waals surface area contributed by atoms with Gasteiger partial charge in [-0.05, 0) is 72.5 Å². The van der Waals surface area contributed by atoms with Crippen LogP contribution in [0.4, 0.5) is 11.4 Å². The molecule has 0 atom stereocenters. The Balaban J connectivity index is 1.45. The molecule has 0 heterocycles. The van der Waals surface area contributed by atoms with E-state index in [1.807, 2.05) is 74.5 Å². The summed E-state index contributed by atoms with van der Waals surface area (Å²) in [4.78, 5) is 12.7. The third-order valence-corrected chi connectivity index (χ3v) is 6.76. The lowest BCUT2D eigenvalue weighted by Gasteiger charge is -2.13. The average molecular weight is 457 g/mol. The van der Waals surface area contributed by atoms with Crippen molar-refractivity contribution in [2.24, 2.45) is 0 Å². The van der Waals surface area contributed by atoms with Gasteiger partial charge in [-0.2, -0.15) is 0 Å². The number of para-hydroxylation sites is 1. The van der Waals surface area contributed by atoms with Gasteiger partial charge in [-0.15, -0.1) is 0 Å². The third kappa shape index (κ3) is 5.13. The van der Waals surface area contributed by atoms with Crippen molar-refractivity contribution in [1.82, 2.24) is 0 Å². The van der Waals surface area contributed by atoms with Crippen LogP contribution in [0.3, 0.4) is 0 Å². The van der Waals surface area contributed by atoms with Gasteiger partial charge < -0.3 is 5.32 Å². The van der Waals surface area contributed by atoms with Crippen LogP contribution in [-0.2, 0) is 10.0 Å². The molecule has 0 aliphatic heterocycles. The summed E-state index contributed by atoms with van der Waals surface area (Å²) in [6, 6.07) is 29.0. The lowest BCUT2D eigenvalue weighted by atomic mass is 10.0. The molecule has 2 N–H and O–H groups in total. The van der Waals surface area contributed by atoms with Crippen molar-refractivity contribution in [1.29, 1.82) is 0 Å². The van der Waals surface area contributed by atoms with Gasteiger partial charge >= 0.3 is 0 Å². The Hall–Kier alpha value is -3.90. The molecule has 0 radical (unpaired) electrons. The number of nitrogens with one attached hydrogen (secondary N) is 2. The van der Waals surface area contributed by atoms with E-state index in [0.717, 1.165) is 22.3 Å². The molecular formula is C27H24N2O3S. The van der Waals surface area contributed by atoms with Crippen molar-refractivity contribution in [2.45, 2.75) is 18.7 Å². The number of carbonyl (C=O) groups is 1. The van der Waals surface area contributed by atoms with Crippen LogP contribution in [0.5, 0.6) is 0 Å². The number of hydrogen-bond acceptors (Lipinski definition) is 3. The van der Waals surface area contributed by atoms with Gasteiger partial charge in [-0.25, -0.2) is 8.42 Å². The fourth-order valence-electron chi connectivity index (χ4n) is 3.53. The zero-order valence-electron chi connectivity index (χ0n) is 18.4. The molecule has 0 unspecified atom stereocenters. The monoisotopic (exact) mass is 456 g/mol. The number of anilines is 2. The van der Waals surface area contributed by atoms with Gasteiger partial charge in [0.25, 0.3) is 15.9 Å². The van der Waals surface area contributed by atoms with E-state index in [1.165, 1.54) is 12.1 Å². The van der Waals surface area contributed by atoms with Crippen LogP contribution < -0.4 is 10.0 Å². The van der Waals surface area contributed by atoms with Crippen LogP contribution in [0, 0.1) is 13.8 Å². The van der Waals surface area contributed by atoms with Gasteiger partial charge in [0.15, 0.2) is 0 Å². The van der Waals surface area contributed by atoms with Crippen LogP contribution >= 0.6 is 0 Å². The Bertz CT molecular complexity index is 1360. The zero-order valence-corrected chi connectivity index (χ0v) is 19.2. The Kier molecular flexibility index (Phi) is 6.29. The quantitative estimate of drug-likeness (QED) is 0.372. The second-order valence-electron chi connectivity index (χ2n) is 7.79.